The second-order valence-corrected chi connectivity index (χ2v) is 4.88. The van der Waals surface area contributed by atoms with Crippen LogP contribution in [-0.4, -0.2) is 58.8 Å². The van der Waals surface area contributed by atoms with Gasteiger partial charge < -0.3 is 14.8 Å². The maximum atomic E-state index is 9.22. The molecular formula is C7H20N2O4S. The van der Waals surface area contributed by atoms with Crippen LogP contribution in [0.15, 0.2) is 0 Å². The number of nitrogens with two attached hydrogens (primary N) is 1. The predicted molar refractivity (Wildman–Crippen MR) is 53.3 cm³/mol. The highest BCUT2D eigenvalue weighted by molar-refractivity contribution is 7.80. The number of nitrogens with zero attached hydrogens (tertiary/aromatic N) is 1. The van der Waals surface area contributed by atoms with E-state index in [0.29, 0.717) is 0 Å². The van der Waals surface area contributed by atoms with Crippen molar-refractivity contribution in [3.05, 3.63) is 0 Å². The van der Waals surface area contributed by atoms with Gasteiger partial charge in [0, 0.05) is 6.42 Å². The molecule has 0 aliphatic heterocycles. The van der Waals surface area contributed by atoms with Gasteiger partial charge in [0.15, 0.2) is 0 Å². The van der Waals surface area contributed by atoms with Crippen molar-refractivity contribution >= 4 is 10.4 Å². The van der Waals surface area contributed by atoms with Crippen LogP contribution < -0.4 is 5.73 Å². The molecule has 0 bridgehead atoms. The highest BCUT2D eigenvalue weighted by atomic mass is 32.3. The lowest BCUT2D eigenvalue weighted by Gasteiger charge is -2.23. The molecule has 0 atom stereocenters. The van der Waals surface area contributed by atoms with E-state index >= 15 is 0 Å². The standard InChI is InChI=1S/C6H17N2.CH4O4S/c1-8(2,3)6-4-5-7;1-5-6(2,3)4/h4-7H2,1-3H3;1H3,(H,2,3,4)/q+1;/p-1. The third-order valence-electron chi connectivity index (χ3n) is 1.24. The average Bonchev–Trinajstić information content (AvgIpc) is 1.99. The lowest BCUT2D eigenvalue weighted by atomic mass is 10.4. The van der Waals surface area contributed by atoms with Gasteiger partial charge in [-0.15, -0.1) is 0 Å². The summed E-state index contributed by atoms with van der Waals surface area (Å²) in [4.78, 5) is 0. The SMILES string of the molecule is COS(=O)(=O)[O-].C[N+](C)(C)CCCN. The van der Waals surface area contributed by atoms with E-state index in [-0.39, 0.29) is 0 Å². The van der Waals surface area contributed by atoms with Crippen LogP contribution in [-0.2, 0) is 14.6 Å². The smallest absolute Gasteiger partial charge is 0.217 e. The van der Waals surface area contributed by atoms with Crippen LogP contribution >= 0.6 is 0 Å². The van der Waals surface area contributed by atoms with E-state index in [1.54, 1.807) is 0 Å². The van der Waals surface area contributed by atoms with Crippen LogP contribution in [0.25, 0.3) is 0 Å². The van der Waals surface area contributed by atoms with E-state index < -0.39 is 10.4 Å². The van der Waals surface area contributed by atoms with Gasteiger partial charge in [-0.3, -0.25) is 4.18 Å². The van der Waals surface area contributed by atoms with E-state index in [0.717, 1.165) is 24.6 Å². The fraction of sp³-hybridized carbons (Fsp3) is 1.00. The molecule has 88 valence electrons. The van der Waals surface area contributed by atoms with Gasteiger partial charge in [-0.1, -0.05) is 0 Å². The molecule has 0 aromatic heterocycles. The van der Waals surface area contributed by atoms with Gasteiger partial charge in [-0.05, 0) is 6.54 Å². The Morgan fingerprint density at radius 3 is 1.79 bits per heavy atom. The molecule has 0 radical (unpaired) electrons. The number of quaternary nitrogens is 1. The van der Waals surface area contributed by atoms with Crippen molar-refractivity contribution in [1.29, 1.82) is 0 Å². The zero-order chi connectivity index (χ0) is 11.8. The number of rotatable bonds is 4. The second-order valence-electron chi connectivity index (χ2n) is 3.73. The maximum Gasteiger partial charge on any atom is 0.217 e. The Hall–Kier alpha value is -0.210. The zero-order valence-corrected chi connectivity index (χ0v) is 10.0. The highest BCUT2D eigenvalue weighted by Crippen LogP contribution is 1.90. The normalized spacial score (nSPS) is 11.9. The second kappa shape index (κ2) is 7.13. The molecule has 2 N–H and O–H groups in total. The lowest BCUT2D eigenvalue weighted by molar-refractivity contribution is -0.870. The van der Waals surface area contributed by atoms with Crippen LogP contribution in [0.3, 0.4) is 0 Å². The first-order chi connectivity index (χ1) is 6.12. The topological polar surface area (TPSA) is 92.5 Å². The van der Waals surface area contributed by atoms with Crippen molar-refractivity contribution < 1.29 is 21.6 Å². The summed E-state index contributed by atoms with van der Waals surface area (Å²) in [5.41, 5.74) is 5.33. The molecule has 0 fully saturated rings. The molecule has 0 aliphatic rings. The quantitative estimate of drug-likeness (QED) is 0.384. The van der Waals surface area contributed by atoms with Crippen molar-refractivity contribution in [2.24, 2.45) is 5.73 Å². The first-order valence-corrected chi connectivity index (χ1v) is 5.47. The van der Waals surface area contributed by atoms with Gasteiger partial charge >= 0.3 is 0 Å². The Bertz CT molecular complexity index is 220. The van der Waals surface area contributed by atoms with Crippen molar-refractivity contribution in [2.75, 3.05) is 41.3 Å². The minimum absolute atomic E-state index is 0.808. The van der Waals surface area contributed by atoms with E-state index in [2.05, 4.69) is 25.3 Å². The van der Waals surface area contributed by atoms with E-state index in [9.17, 15) is 13.0 Å². The monoisotopic (exact) mass is 228 g/mol. The van der Waals surface area contributed by atoms with Gasteiger partial charge in [-0.25, -0.2) is 8.42 Å². The molecule has 0 saturated heterocycles. The molecule has 0 amide bonds. The minimum Gasteiger partial charge on any atom is -0.726 e. The van der Waals surface area contributed by atoms with Gasteiger partial charge in [-0.2, -0.15) is 0 Å². The van der Waals surface area contributed by atoms with Crippen LogP contribution in [0.2, 0.25) is 0 Å². The molecule has 0 aromatic carbocycles. The molecule has 0 spiro atoms. The van der Waals surface area contributed by atoms with Crippen LogP contribution in [0.1, 0.15) is 6.42 Å². The Morgan fingerprint density at radius 1 is 1.36 bits per heavy atom. The molecule has 0 unspecified atom stereocenters. The van der Waals surface area contributed by atoms with Crippen LogP contribution in [0.4, 0.5) is 0 Å². The Balaban J connectivity index is 0. The average molecular weight is 228 g/mol. The Labute approximate surface area is 86.2 Å². The third kappa shape index (κ3) is 22.6. The summed E-state index contributed by atoms with van der Waals surface area (Å²) in [6.45, 7) is 1.99. The summed E-state index contributed by atoms with van der Waals surface area (Å²) in [7, 11) is 2.92. The van der Waals surface area contributed by atoms with E-state index in [4.69, 9.17) is 5.73 Å². The molecule has 0 heterocycles. The van der Waals surface area contributed by atoms with Crippen molar-refractivity contribution in [2.45, 2.75) is 6.42 Å². The Morgan fingerprint density at radius 2 is 1.71 bits per heavy atom. The molecular weight excluding hydrogens is 208 g/mol. The van der Waals surface area contributed by atoms with Gasteiger partial charge in [0.1, 0.15) is 0 Å². The third-order valence-corrected chi connectivity index (χ3v) is 1.65. The van der Waals surface area contributed by atoms with Crippen molar-refractivity contribution in [1.82, 2.24) is 0 Å². The molecule has 0 aliphatic carbocycles. The van der Waals surface area contributed by atoms with Crippen molar-refractivity contribution in [3.8, 4) is 0 Å². The molecule has 0 saturated carbocycles. The maximum absolute atomic E-state index is 9.22. The van der Waals surface area contributed by atoms with Crippen LogP contribution in [0.5, 0.6) is 0 Å². The molecule has 0 aromatic rings. The molecule has 0 rings (SSSR count). The highest BCUT2D eigenvalue weighted by Gasteiger charge is 2.03. The first-order valence-electron chi connectivity index (χ1n) is 4.14. The number of hydrogen-bond donors (Lipinski definition) is 1. The minimum atomic E-state index is -4.41. The summed E-state index contributed by atoms with van der Waals surface area (Å²) in [5.74, 6) is 0. The summed E-state index contributed by atoms with van der Waals surface area (Å²) < 4.78 is 32.0. The summed E-state index contributed by atoms with van der Waals surface area (Å²) in [6.07, 6.45) is 1.13. The van der Waals surface area contributed by atoms with Crippen LogP contribution in [0, 0.1) is 0 Å². The molecule has 7 heteroatoms. The van der Waals surface area contributed by atoms with Gasteiger partial charge in [0.25, 0.3) is 0 Å². The summed E-state index contributed by atoms with van der Waals surface area (Å²) in [6, 6.07) is 0. The fourth-order valence-electron chi connectivity index (χ4n) is 0.566. The Kier molecular flexibility index (Phi) is 8.27. The molecule has 14 heavy (non-hydrogen) atoms. The van der Waals surface area contributed by atoms with Gasteiger partial charge in [0.05, 0.1) is 34.8 Å². The van der Waals surface area contributed by atoms with Crippen molar-refractivity contribution in [3.63, 3.8) is 0 Å². The summed E-state index contributed by atoms with van der Waals surface area (Å²) >= 11 is 0. The van der Waals surface area contributed by atoms with E-state index in [1.807, 2.05) is 0 Å². The lowest BCUT2D eigenvalue weighted by Crippen LogP contribution is -2.36. The predicted octanol–water partition coefficient (Wildman–Crippen LogP) is -0.866. The summed E-state index contributed by atoms with van der Waals surface area (Å²) in [5, 5.41) is 0. The molecule has 6 nitrogen and oxygen atoms in total. The van der Waals surface area contributed by atoms with E-state index in [1.165, 1.54) is 6.54 Å². The van der Waals surface area contributed by atoms with Gasteiger partial charge in [0.2, 0.25) is 10.4 Å². The fourth-order valence-corrected chi connectivity index (χ4v) is 0.566. The number of hydrogen-bond acceptors (Lipinski definition) is 5. The zero-order valence-electron chi connectivity index (χ0n) is 9.19. The first kappa shape index (κ1) is 16.2. The largest absolute Gasteiger partial charge is 0.726 e.